The molecule has 0 aliphatic carbocycles. The Balaban J connectivity index is 2.41. The number of sulfone groups is 1. The number of fused-ring (bicyclic) bond motifs is 1. The van der Waals surface area contributed by atoms with Gasteiger partial charge in [-0.1, -0.05) is 44.1 Å². The molecule has 0 radical (unpaired) electrons. The highest BCUT2D eigenvalue weighted by Gasteiger charge is 2.16. The Kier molecular flexibility index (Phi) is 6.76. The predicted octanol–water partition coefficient (Wildman–Crippen LogP) is 4.38. The third-order valence-electron chi connectivity index (χ3n) is 4.08. The lowest BCUT2D eigenvalue weighted by Gasteiger charge is -2.22. The first-order valence-electron chi connectivity index (χ1n) is 8.61. The Morgan fingerprint density at radius 3 is 2.52 bits per heavy atom. The molecule has 0 aliphatic rings. The van der Waals surface area contributed by atoms with Crippen molar-refractivity contribution in [2.45, 2.75) is 31.1 Å². The van der Waals surface area contributed by atoms with Crippen molar-refractivity contribution in [1.82, 2.24) is 4.98 Å². The molecule has 4 nitrogen and oxygen atoms in total. The van der Waals surface area contributed by atoms with E-state index in [2.05, 4.69) is 30.0 Å². The van der Waals surface area contributed by atoms with E-state index in [1.165, 1.54) is 6.20 Å². The molecule has 0 aliphatic heterocycles. The lowest BCUT2D eigenvalue weighted by Crippen LogP contribution is -2.23. The standard InChI is InChI=1S/C20H26N2O2S/c1-4-7-8-14-25(23,24)18-15-17-10-9-11-19(20(17)21-16-18)22(12-5-2)13-6-3/h5-6,9-11,15-16H,2-4,7-8,12-14H2,1H3. The van der Waals surface area contributed by atoms with Crippen LogP contribution >= 0.6 is 0 Å². The van der Waals surface area contributed by atoms with E-state index in [4.69, 9.17) is 0 Å². The number of benzene rings is 1. The van der Waals surface area contributed by atoms with Crippen molar-refractivity contribution < 1.29 is 8.42 Å². The van der Waals surface area contributed by atoms with Gasteiger partial charge in [-0.05, 0) is 18.6 Å². The summed E-state index contributed by atoms with van der Waals surface area (Å²) in [6.07, 6.45) is 7.74. The molecule has 0 saturated heterocycles. The lowest BCUT2D eigenvalue weighted by atomic mass is 10.1. The maximum atomic E-state index is 12.5. The number of rotatable bonds is 10. The van der Waals surface area contributed by atoms with Gasteiger partial charge in [0.2, 0.25) is 0 Å². The number of pyridine rings is 1. The van der Waals surface area contributed by atoms with Crippen LogP contribution in [-0.2, 0) is 9.84 Å². The predicted molar refractivity (Wildman–Crippen MR) is 106 cm³/mol. The lowest BCUT2D eigenvalue weighted by molar-refractivity contribution is 0.590. The van der Waals surface area contributed by atoms with Gasteiger partial charge in [-0.25, -0.2) is 8.42 Å². The van der Waals surface area contributed by atoms with E-state index in [1.807, 2.05) is 30.4 Å². The summed E-state index contributed by atoms with van der Waals surface area (Å²) < 4.78 is 25.0. The van der Waals surface area contributed by atoms with Crippen LogP contribution in [-0.4, -0.2) is 32.2 Å². The van der Waals surface area contributed by atoms with Crippen LogP contribution in [0.1, 0.15) is 26.2 Å². The van der Waals surface area contributed by atoms with E-state index in [-0.39, 0.29) is 5.75 Å². The minimum absolute atomic E-state index is 0.173. The van der Waals surface area contributed by atoms with E-state index < -0.39 is 9.84 Å². The van der Waals surface area contributed by atoms with Crippen LogP contribution in [0.4, 0.5) is 5.69 Å². The quantitative estimate of drug-likeness (QED) is 0.467. The molecular weight excluding hydrogens is 332 g/mol. The zero-order valence-corrected chi connectivity index (χ0v) is 15.6. The number of hydrogen-bond donors (Lipinski definition) is 0. The molecule has 1 heterocycles. The molecule has 134 valence electrons. The zero-order chi connectivity index (χ0) is 18.3. The van der Waals surface area contributed by atoms with Gasteiger partial charge < -0.3 is 4.90 Å². The summed E-state index contributed by atoms with van der Waals surface area (Å²) in [4.78, 5) is 6.87. The van der Waals surface area contributed by atoms with Crippen LogP contribution in [0.2, 0.25) is 0 Å². The molecule has 0 spiro atoms. The summed E-state index contributed by atoms with van der Waals surface area (Å²) in [5.74, 6) is 0.173. The molecule has 0 bridgehead atoms. The summed E-state index contributed by atoms with van der Waals surface area (Å²) in [6.45, 7) is 11.0. The fraction of sp³-hybridized carbons (Fsp3) is 0.350. The van der Waals surface area contributed by atoms with Crippen molar-refractivity contribution in [2.75, 3.05) is 23.7 Å². The normalized spacial score (nSPS) is 11.4. The molecule has 0 N–H and O–H groups in total. The number of anilines is 1. The van der Waals surface area contributed by atoms with Crippen molar-refractivity contribution in [3.63, 3.8) is 0 Å². The van der Waals surface area contributed by atoms with Crippen LogP contribution in [0, 0.1) is 0 Å². The molecule has 0 saturated carbocycles. The second-order valence-electron chi connectivity index (χ2n) is 6.03. The van der Waals surface area contributed by atoms with Gasteiger partial charge in [0.1, 0.15) is 0 Å². The Hall–Kier alpha value is -2.14. The van der Waals surface area contributed by atoms with Gasteiger partial charge >= 0.3 is 0 Å². The third kappa shape index (κ3) is 4.69. The van der Waals surface area contributed by atoms with Gasteiger partial charge in [-0.2, -0.15) is 0 Å². The molecule has 0 amide bonds. The van der Waals surface area contributed by atoms with Gasteiger partial charge in [-0.3, -0.25) is 4.98 Å². The maximum absolute atomic E-state index is 12.5. The zero-order valence-electron chi connectivity index (χ0n) is 14.8. The summed E-state index contributed by atoms with van der Waals surface area (Å²) >= 11 is 0. The van der Waals surface area contributed by atoms with E-state index >= 15 is 0 Å². The smallest absolute Gasteiger partial charge is 0.179 e. The van der Waals surface area contributed by atoms with Crippen molar-refractivity contribution in [3.05, 3.63) is 55.8 Å². The van der Waals surface area contributed by atoms with Gasteiger partial charge in [0.25, 0.3) is 0 Å². The first-order chi connectivity index (χ1) is 12.0. The van der Waals surface area contributed by atoms with Gasteiger partial charge in [0.15, 0.2) is 9.84 Å². The molecule has 0 atom stereocenters. The Morgan fingerprint density at radius 2 is 1.88 bits per heavy atom. The highest BCUT2D eigenvalue weighted by Crippen LogP contribution is 2.27. The van der Waals surface area contributed by atoms with Gasteiger partial charge in [0, 0.05) is 24.7 Å². The molecule has 1 aromatic carbocycles. The van der Waals surface area contributed by atoms with E-state index in [0.29, 0.717) is 24.4 Å². The highest BCUT2D eigenvalue weighted by molar-refractivity contribution is 7.91. The van der Waals surface area contributed by atoms with Crippen LogP contribution in [0.3, 0.4) is 0 Å². The number of hydrogen-bond acceptors (Lipinski definition) is 4. The SMILES string of the molecule is C=CCN(CC=C)c1cccc2cc(S(=O)(=O)CCCCC)cnc12. The van der Waals surface area contributed by atoms with Gasteiger partial charge in [0.05, 0.1) is 21.9 Å². The molecule has 0 unspecified atom stereocenters. The first kappa shape index (κ1) is 19.2. The third-order valence-corrected chi connectivity index (χ3v) is 5.85. The average molecular weight is 359 g/mol. The van der Waals surface area contributed by atoms with Crippen LogP contribution in [0.25, 0.3) is 10.9 Å². The Bertz CT molecular complexity index is 834. The molecule has 5 heteroatoms. The molecular formula is C20H26N2O2S. The Labute approximate surface area is 150 Å². The maximum Gasteiger partial charge on any atom is 0.179 e. The monoisotopic (exact) mass is 358 g/mol. The van der Waals surface area contributed by atoms with E-state index in [1.54, 1.807) is 6.07 Å². The Morgan fingerprint density at radius 1 is 1.16 bits per heavy atom. The minimum Gasteiger partial charge on any atom is -0.362 e. The van der Waals surface area contributed by atoms with E-state index in [0.717, 1.165) is 29.4 Å². The summed E-state index contributed by atoms with van der Waals surface area (Å²) in [5, 5.41) is 0.826. The number of nitrogens with zero attached hydrogens (tertiary/aromatic N) is 2. The van der Waals surface area contributed by atoms with Crippen molar-refractivity contribution in [2.24, 2.45) is 0 Å². The summed E-state index contributed by atoms with van der Waals surface area (Å²) in [6, 6.07) is 7.54. The van der Waals surface area contributed by atoms with E-state index in [9.17, 15) is 8.42 Å². The number of aromatic nitrogens is 1. The van der Waals surface area contributed by atoms with Crippen molar-refractivity contribution >= 4 is 26.4 Å². The second-order valence-corrected chi connectivity index (χ2v) is 8.14. The molecule has 2 rings (SSSR count). The number of unbranched alkanes of at least 4 members (excludes halogenated alkanes) is 2. The molecule has 1 aromatic heterocycles. The molecule has 2 aromatic rings. The first-order valence-corrected chi connectivity index (χ1v) is 10.3. The average Bonchev–Trinajstić information content (AvgIpc) is 2.60. The molecule has 25 heavy (non-hydrogen) atoms. The van der Waals surface area contributed by atoms with Crippen molar-refractivity contribution in [1.29, 1.82) is 0 Å². The van der Waals surface area contributed by atoms with Crippen LogP contribution in [0.15, 0.2) is 60.7 Å². The largest absolute Gasteiger partial charge is 0.362 e. The summed E-state index contributed by atoms with van der Waals surface area (Å²) in [5.41, 5.74) is 1.74. The topological polar surface area (TPSA) is 50.3 Å². The van der Waals surface area contributed by atoms with Crippen LogP contribution < -0.4 is 4.90 Å². The fourth-order valence-electron chi connectivity index (χ4n) is 2.79. The molecule has 0 fully saturated rings. The minimum atomic E-state index is -3.29. The highest BCUT2D eigenvalue weighted by atomic mass is 32.2. The van der Waals surface area contributed by atoms with Crippen molar-refractivity contribution in [3.8, 4) is 0 Å². The van der Waals surface area contributed by atoms with Crippen LogP contribution in [0.5, 0.6) is 0 Å². The number of para-hydroxylation sites is 1. The second kappa shape index (κ2) is 8.81. The fourth-order valence-corrected chi connectivity index (χ4v) is 4.13. The van der Waals surface area contributed by atoms with Gasteiger partial charge in [-0.15, -0.1) is 13.2 Å². The summed E-state index contributed by atoms with van der Waals surface area (Å²) in [7, 11) is -3.29.